The first-order valence-electron chi connectivity index (χ1n) is 15.2. The average molecular weight is 590 g/mol. The normalized spacial score (nSPS) is 11.1. The molecule has 0 N–H and O–H groups in total. The smallest absolute Gasteiger partial charge is 0.165 e. The Morgan fingerprint density at radius 2 is 1.09 bits per heavy atom. The molecule has 0 fully saturated rings. The summed E-state index contributed by atoms with van der Waals surface area (Å²) in [5, 5.41) is 12.8. The summed E-state index contributed by atoms with van der Waals surface area (Å²) in [6, 6.07) is 51.7. The standard InChI is InChI=1S/C41H27N5/c1-27-16-18-28(19-17-27)31-20-23-38-36(25-31)35-14-8-9-15-37(35)46(38)33-21-22-34(32(24-33)26-42)41-44-39(29-10-4-2-5-11-29)43-40(45-41)30-12-6-3-7-13-30/h2-25H,1H3. The Morgan fingerprint density at radius 1 is 0.500 bits per heavy atom. The molecule has 5 heteroatoms. The lowest BCUT2D eigenvalue weighted by Crippen LogP contribution is -2.02. The second-order valence-electron chi connectivity index (χ2n) is 11.3. The SMILES string of the molecule is Cc1ccc(-c2ccc3c(c2)c2ccccc2n3-c2ccc(-c3nc(-c4ccccc4)nc(-c4ccccc4)n3)c(C#N)c2)cc1. The van der Waals surface area contributed by atoms with Crippen molar-refractivity contribution in [2.75, 3.05) is 0 Å². The van der Waals surface area contributed by atoms with Crippen molar-refractivity contribution in [2.45, 2.75) is 6.92 Å². The molecule has 5 nitrogen and oxygen atoms in total. The molecular formula is C41H27N5. The van der Waals surface area contributed by atoms with E-state index in [0.29, 0.717) is 28.6 Å². The number of benzene rings is 6. The van der Waals surface area contributed by atoms with Gasteiger partial charge in [-0.15, -0.1) is 0 Å². The maximum atomic E-state index is 10.5. The van der Waals surface area contributed by atoms with Gasteiger partial charge in [0.05, 0.1) is 22.7 Å². The molecule has 0 atom stereocenters. The summed E-state index contributed by atoms with van der Waals surface area (Å²) < 4.78 is 2.23. The van der Waals surface area contributed by atoms with Crippen molar-refractivity contribution in [3.8, 4) is 57.0 Å². The maximum Gasteiger partial charge on any atom is 0.165 e. The second-order valence-corrected chi connectivity index (χ2v) is 11.3. The Hall–Kier alpha value is -6.38. The lowest BCUT2D eigenvalue weighted by molar-refractivity contribution is 1.07. The van der Waals surface area contributed by atoms with E-state index in [2.05, 4.69) is 84.3 Å². The third-order valence-corrected chi connectivity index (χ3v) is 8.38. The number of aromatic nitrogens is 4. The lowest BCUT2D eigenvalue weighted by atomic mass is 10.0. The molecule has 0 bridgehead atoms. The number of nitriles is 1. The molecule has 2 aromatic heterocycles. The minimum Gasteiger partial charge on any atom is -0.309 e. The third kappa shape index (κ3) is 4.79. The molecule has 8 aromatic rings. The molecule has 0 spiro atoms. The van der Waals surface area contributed by atoms with Gasteiger partial charge in [0.1, 0.15) is 0 Å². The van der Waals surface area contributed by atoms with Crippen LogP contribution in [0.2, 0.25) is 0 Å². The van der Waals surface area contributed by atoms with Gasteiger partial charge in [0.25, 0.3) is 0 Å². The van der Waals surface area contributed by atoms with Crippen LogP contribution in [0.3, 0.4) is 0 Å². The summed E-state index contributed by atoms with van der Waals surface area (Å²) in [5.74, 6) is 1.58. The van der Waals surface area contributed by atoms with Crippen LogP contribution < -0.4 is 0 Å². The summed E-state index contributed by atoms with van der Waals surface area (Å²) in [7, 11) is 0. The Morgan fingerprint density at radius 3 is 1.76 bits per heavy atom. The zero-order valence-corrected chi connectivity index (χ0v) is 25.1. The van der Waals surface area contributed by atoms with Gasteiger partial charge in [-0.1, -0.05) is 115 Å². The molecule has 0 aliphatic heterocycles. The first-order chi connectivity index (χ1) is 22.7. The highest BCUT2D eigenvalue weighted by atomic mass is 15.0. The van der Waals surface area contributed by atoms with Crippen molar-refractivity contribution in [1.29, 1.82) is 5.26 Å². The molecule has 46 heavy (non-hydrogen) atoms. The van der Waals surface area contributed by atoms with Crippen LogP contribution in [0.5, 0.6) is 0 Å². The van der Waals surface area contributed by atoms with E-state index in [1.54, 1.807) is 0 Å². The molecule has 216 valence electrons. The highest BCUT2D eigenvalue weighted by Gasteiger charge is 2.18. The Bertz CT molecular complexity index is 2360. The summed E-state index contributed by atoms with van der Waals surface area (Å²) in [4.78, 5) is 14.5. The fourth-order valence-corrected chi connectivity index (χ4v) is 6.06. The zero-order valence-electron chi connectivity index (χ0n) is 25.1. The number of hydrogen-bond acceptors (Lipinski definition) is 4. The van der Waals surface area contributed by atoms with Crippen molar-refractivity contribution in [3.63, 3.8) is 0 Å². The molecule has 2 heterocycles. The predicted molar refractivity (Wildman–Crippen MR) is 185 cm³/mol. The summed E-state index contributed by atoms with van der Waals surface area (Å²) in [6.45, 7) is 2.10. The molecule has 0 unspecified atom stereocenters. The monoisotopic (exact) mass is 589 g/mol. The van der Waals surface area contributed by atoms with E-state index >= 15 is 0 Å². The Balaban J connectivity index is 1.29. The van der Waals surface area contributed by atoms with Gasteiger partial charge >= 0.3 is 0 Å². The minimum atomic E-state index is 0.459. The molecule has 0 radical (unpaired) electrons. The Labute approximate surface area is 266 Å². The van der Waals surface area contributed by atoms with Crippen molar-refractivity contribution in [1.82, 2.24) is 19.5 Å². The fourth-order valence-electron chi connectivity index (χ4n) is 6.06. The van der Waals surface area contributed by atoms with Crippen LogP contribution in [-0.4, -0.2) is 19.5 Å². The number of aryl methyl sites for hydroxylation is 1. The van der Waals surface area contributed by atoms with Crippen LogP contribution in [0.15, 0.2) is 146 Å². The predicted octanol–water partition coefficient (Wildman–Crippen LogP) is 9.82. The van der Waals surface area contributed by atoms with Gasteiger partial charge in [0.2, 0.25) is 0 Å². The van der Waals surface area contributed by atoms with Crippen LogP contribution in [0, 0.1) is 18.3 Å². The largest absolute Gasteiger partial charge is 0.309 e. The molecule has 0 aliphatic rings. The topological polar surface area (TPSA) is 67.4 Å². The Kier molecular flexibility index (Phi) is 6.67. The van der Waals surface area contributed by atoms with Gasteiger partial charge < -0.3 is 4.57 Å². The molecule has 0 saturated heterocycles. The van der Waals surface area contributed by atoms with E-state index in [9.17, 15) is 5.26 Å². The number of nitrogens with zero attached hydrogens (tertiary/aromatic N) is 5. The molecule has 8 rings (SSSR count). The van der Waals surface area contributed by atoms with Gasteiger partial charge in [-0.25, -0.2) is 15.0 Å². The van der Waals surface area contributed by atoms with Crippen LogP contribution in [0.25, 0.3) is 72.8 Å². The molecular weight excluding hydrogens is 562 g/mol. The zero-order chi connectivity index (χ0) is 31.0. The quantitative estimate of drug-likeness (QED) is 0.200. The summed E-state index contributed by atoms with van der Waals surface area (Å²) in [5.41, 5.74) is 9.55. The highest BCUT2D eigenvalue weighted by Crippen LogP contribution is 2.36. The van der Waals surface area contributed by atoms with Gasteiger partial charge in [0.15, 0.2) is 17.5 Å². The summed E-state index contributed by atoms with van der Waals surface area (Å²) in [6.07, 6.45) is 0. The van der Waals surface area contributed by atoms with E-state index in [4.69, 9.17) is 15.0 Å². The van der Waals surface area contributed by atoms with Crippen LogP contribution in [0.1, 0.15) is 11.1 Å². The first kappa shape index (κ1) is 27.2. The van der Waals surface area contributed by atoms with E-state index in [0.717, 1.165) is 38.6 Å². The van der Waals surface area contributed by atoms with E-state index in [-0.39, 0.29) is 0 Å². The fraction of sp³-hybridized carbons (Fsp3) is 0.0244. The van der Waals surface area contributed by atoms with Crippen molar-refractivity contribution in [2.24, 2.45) is 0 Å². The van der Waals surface area contributed by atoms with Gasteiger partial charge in [-0.05, 0) is 54.4 Å². The second kappa shape index (κ2) is 11.3. The van der Waals surface area contributed by atoms with E-state index < -0.39 is 0 Å². The maximum absolute atomic E-state index is 10.5. The highest BCUT2D eigenvalue weighted by molar-refractivity contribution is 6.10. The average Bonchev–Trinajstić information content (AvgIpc) is 3.46. The van der Waals surface area contributed by atoms with E-state index in [1.165, 1.54) is 16.7 Å². The van der Waals surface area contributed by atoms with Gasteiger partial charge in [-0.2, -0.15) is 5.26 Å². The van der Waals surface area contributed by atoms with Crippen molar-refractivity contribution >= 4 is 21.8 Å². The number of fused-ring (bicyclic) bond motifs is 3. The summed E-state index contributed by atoms with van der Waals surface area (Å²) >= 11 is 0. The number of hydrogen-bond donors (Lipinski definition) is 0. The van der Waals surface area contributed by atoms with Gasteiger partial charge in [0, 0.05) is 33.2 Å². The molecule has 0 aliphatic carbocycles. The van der Waals surface area contributed by atoms with Crippen LogP contribution in [0.4, 0.5) is 0 Å². The molecule has 0 amide bonds. The third-order valence-electron chi connectivity index (χ3n) is 8.38. The van der Waals surface area contributed by atoms with E-state index in [1.807, 2.05) is 78.9 Å². The molecule has 0 saturated carbocycles. The number of para-hydroxylation sites is 1. The van der Waals surface area contributed by atoms with Crippen molar-refractivity contribution < 1.29 is 0 Å². The first-order valence-corrected chi connectivity index (χ1v) is 15.2. The van der Waals surface area contributed by atoms with Crippen molar-refractivity contribution in [3.05, 3.63) is 157 Å². The number of rotatable bonds is 5. The lowest BCUT2D eigenvalue weighted by Gasteiger charge is -2.12. The molecule has 6 aromatic carbocycles. The van der Waals surface area contributed by atoms with Crippen LogP contribution in [-0.2, 0) is 0 Å². The van der Waals surface area contributed by atoms with Crippen LogP contribution >= 0.6 is 0 Å². The minimum absolute atomic E-state index is 0.459. The van der Waals surface area contributed by atoms with Gasteiger partial charge in [-0.3, -0.25) is 0 Å².